The van der Waals surface area contributed by atoms with E-state index in [-0.39, 0.29) is 17.8 Å². The van der Waals surface area contributed by atoms with Crippen LogP contribution in [0.25, 0.3) is 5.95 Å². The lowest BCUT2D eigenvalue weighted by atomic mass is 9.75. The van der Waals surface area contributed by atoms with Crippen LogP contribution in [0, 0.1) is 11.2 Å². The first-order valence-electron chi connectivity index (χ1n) is 9.69. The normalized spacial score (nSPS) is 20.4. The van der Waals surface area contributed by atoms with Gasteiger partial charge in [0, 0.05) is 42.8 Å². The van der Waals surface area contributed by atoms with Gasteiger partial charge < -0.3 is 5.11 Å². The lowest BCUT2D eigenvalue weighted by Gasteiger charge is -2.42. The van der Waals surface area contributed by atoms with Crippen molar-refractivity contribution in [3.8, 4) is 5.95 Å². The van der Waals surface area contributed by atoms with Crippen LogP contribution in [-0.2, 0) is 13.0 Å². The van der Waals surface area contributed by atoms with Crippen molar-refractivity contribution in [2.75, 3.05) is 19.7 Å². The van der Waals surface area contributed by atoms with E-state index < -0.39 is 0 Å². The molecule has 0 saturated carbocycles. The summed E-state index contributed by atoms with van der Waals surface area (Å²) in [4.78, 5) is 11.1. The molecule has 0 unspecified atom stereocenters. The van der Waals surface area contributed by atoms with Crippen molar-refractivity contribution in [1.29, 1.82) is 0 Å². The minimum atomic E-state index is -0.226. The Morgan fingerprint density at radius 2 is 1.86 bits per heavy atom. The standard InChI is InChI=1S/C22H25FN4O/c23-19-7-5-18(6-8-19)14-22(17-28)9-2-12-26(16-22)15-20-4-1-13-27(20)21-24-10-3-11-25-21/h1,3-8,10-11,13,28H,2,9,12,14-17H2/t22-/m0/s1. The summed E-state index contributed by atoms with van der Waals surface area (Å²) in [5.41, 5.74) is 2.00. The Balaban J connectivity index is 1.49. The van der Waals surface area contributed by atoms with E-state index in [1.165, 1.54) is 12.1 Å². The molecule has 6 heteroatoms. The second-order valence-corrected chi connectivity index (χ2v) is 7.69. The van der Waals surface area contributed by atoms with E-state index in [9.17, 15) is 9.50 Å². The van der Waals surface area contributed by atoms with E-state index in [0.717, 1.165) is 50.2 Å². The molecular weight excluding hydrogens is 355 g/mol. The summed E-state index contributed by atoms with van der Waals surface area (Å²) in [6.45, 7) is 2.70. The van der Waals surface area contributed by atoms with Crippen LogP contribution >= 0.6 is 0 Å². The van der Waals surface area contributed by atoms with E-state index in [4.69, 9.17) is 0 Å². The Morgan fingerprint density at radius 3 is 2.61 bits per heavy atom. The van der Waals surface area contributed by atoms with E-state index in [1.54, 1.807) is 12.4 Å². The fraction of sp³-hybridized carbons (Fsp3) is 0.364. The highest BCUT2D eigenvalue weighted by Crippen LogP contribution is 2.34. The van der Waals surface area contributed by atoms with Gasteiger partial charge in [0.05, 0.1) is 6.61 Å². The summed E-state index contributed by atoms with van der Waals surface area (Å²) in [5, 5.41) is 10.2. The highest BCUT2D eigenvalue weighted by Gasteiger charge is 2.35. The molecule has 0 spiro atoms. The summed E-state index contributed by atoms with van der Waals surface area (Å²) in [5.74, 6) is 0.440. The van der Waals surface area contributed by atoms with Crippen molar-refractivity contribution in [2.45, 2.75) is 25.8 Å². The first-order valence-corrected chi connectivity index (χ1v) is 9.69. The zero-order valence-electron chi connectivity index (χ0n) is 15.8. The largest absolute Gasteiger partial charge is 0.396 e. The van der Waals surface area contributed by atoms with Crippen LogP contribution in [0.15, 0.2) is 61.1 Å². The zero-order chi connectivity index (χ0) is 19.4. The Morgan fingerprint density at radius 1 is 1.07 bits per heavy atom. The van der Waals surface area contributed by atoms with Gasteiger partial charge in [-0.15, -0.1) is 0 Å². The highest BCUT2D eigenvalue weighted by atomic mass is 19.1. The fourth-order valence-corrected chi connectivity index (χ4v) is 4.19. The van der Waals surface area contributed by atoms with Crippen LogP contribution in [0.5, 0.6) is 0 Å². The molecule has 1 atom stereocenters. The van der Waals surface area contributed by atoms with Gasteiger partial charge in [-0.3, -0.25) is 9.47 Å². The molecule has 0 amide bonds. The number of aliphatic hydroxyl groups is 1. The molecule has 2 aromatic heterocycles. The third-order valence-corrected chi connectivity index (χ3v) is 5.55. The van der Waals surface area contributed by atoms with E-state index in [2.05, 4.69) is 20.9 Å². The Labute approximate surface area is 164 Å². The molecule has 1 aliphatic heterocycles. The molecule has 5 nitrogen and oxygen atoms in total. The third-order valence-electron chi connectivity index (χ3n) is 5.55. The van der Waals surface area contributed by atoms with E-state index in [0.29, 0.717) is 5.95 Å². The van der Waals surface area contributed by atoms with Crippen LogP contribution < -0.4 is 0 Å². The van der Waals surface area contributed by atoms with Crippen molar-refractivity contribution < 1.29 is 9.50 Å². The third kappa shape index (κ3) is 4.13. The summed E-state index contributed by atoms with van der Waals surface area (Å²) < 4.78 is 15.2. The maximum atomic E-state index is 13.2. The lowest BCUT2D eigenvalue weighted by Crippen LogP contribution is -2.46. The maximum Gasteiger partial charge on any atom is 0.233 e. The SMILES string of the molecule is OC[C@]1(Cc2ccc(F)cc2)CCCN(Cc2cccn2-c2ncccn2)C1. The van der Waals surface area contributed by atoms with Gasteiger partial charge in [-0.2, -0.15) is 0 Å². The summed E-state index contributed by atoms with van der Waals surface area (Å²) >= 11 is 0. The highest BCUT2D eigenvalue weighted by molar-refractivity contribution is 5.21. The predicted molar refractivity (Wildman–Crippen MR) is 105 cm³/mol. The first-order chi connectivity index (χ1) is 13.7. The number of benzene rings is 1. The molecule has 1 N–H and O–H groups in total. The number of rotatable bonds is 6. The predicted octanol–water partition coefficient (Wildman–Crippen LogP) is 3.22. The quantitative estimate of drug-likeness (QED) is 0.713. The van der Waals surface area contributed by atoms with Crippen molar-refractivity contribution in [1.82, 2.24) is 19.4 Å². The number of aromatic nitrogens is 3. The summed E-state index contributed by atoms with van der Waals surface area (Å²) in [7, 11) is 0. The number of halogens is 1. The summed E-state index contributed by atoms with van der Waals surface area (Å²) in [6, 6.07) is 12.5. The second kappa shape index (κ2) is 8.20. The van der Waals surface area contributed by atoms with Crippen LogP contribution in [-0.4, -0.2) is 44.2 Å². The molecule has 0 aliphatic carbocycles. The number of aliphatic hydroxyl groups excluding tert-OH is 1. The van der Waals surface area contributed by atoms with Crippen LogP contribution in [0.1, 0.15) is 24.1 Å². The van der Waals surface area contributed by atoms with Crippen molar-refractivity contribution in [3.63, 3.8) is 0 Å². The molecule has 0 bridgehead atoms. The van der Waals surface area contributed by atoms with Crippen molar-refractivity contribution >= 4 is 0 Å². The minimum absolute atomic E-state index is 0.129. The van der Waals surface area contributed by atoms with Crippen LogP contribution in [0.4, 0.5) is 4.39 Å². The molecule has 3 aromatic rings. The van der Waals surface area contributed by atoms with Gasteiger partial charge in [-0.1, -0.05) is 12.1 Å². The van der Waals surface area contributed by atoms with Crippen molar-refractivity contribution in [3.05, 3.63) is 78.1 Å². The zero-order valence-corrected chi connectivity index (χ0v) is 15.8. The van der Waals surface area contributed by atoms with Gasteiger partial charge in [0.15, 0.2) is 0 Å². The Bertz CT molecular complexity index is 896. The molecule has 1 aliphatic rings. The number of hydrogen-bond donors (Lipinski definition) is 1. The van der Waals surface area contributed by atoms with Gasteiger partial charge in [0.2, 0.25) is 5.95 Å². The first kappa shape index (κ1) is 18.8. The fourth-order valence-electron chi connectivity index (χ4n) is 4.19. The van der Waals surface area contributed by atoms with Gasteiger partial charge in [0.1, 0.15) is 5.82 Å². The van der Waals surface area contributed by atoms with E-state index >= 15 is 0 Å². The molecule has 1 fully saturated rings. The van der Waals surface area contributed by atoms with Gasteiger partial charge in [-0.05, 0) is 61.7 Å². The molecule has 146 valence electrons. The molecule has 1 aromatic carbocycles. The van der Waals surface area contributed by atoms with Crippen molar-refractivity contribution in [2.24, 2.45) is 5.41 Å². The van der Waals surface area contributed by atoms with Crippen LogP contribution in [0.2, 0.25) is 0 Å². The van der Waals surface area contributed by atoms with Gasteiger partial charge in [-0.25, -0.2) is 14.4 Å². The molecule has 0 radical (unpaired) electrons. The Kier molecular flexibility index (Phi) is 5.50. The van der Waals surface area contributed by atoms with Crippen LogP contribution in [0.3, 0.4) is 0 Å². The average Bonchev–Trinajstić information content (AvgIpc) is 3.19. The Hall–Kier alpha value is -2.57. The second-order valence-electron chi connectivity index (χ2n) is 7.69. The van der Waals surface area contributed by atoms with Gasteiger partial charge >= 0.3 is 0 Å². The average molecular weight is 380 g/mol. The lowest BCUT2D eigenvalue weighted by molar-refractivity contribution is 0.0281. The van der Waals surface area contributed by atoms with E-state index in [1.807, 2.05) is 35.0 Å². The monoisotopic (exact) mass is 380 g/mol. The molecular formula is C22H25FN4O. The molecule has 1 saturated heterocycles. The number of hydrogen-bond acceptors (Lipinski definition) is 4. The molecule has 4 rings (SSSR count). The number of piperidine rings is 1. The maximum absolute atomic E-state index is 13.2. The number of likely N-dealkylation sites (tertiary alicyclic amines) is 1. The molecule has 28 heavy (non-hydrogen) atoms. The van der Waals surface area contributed by atoms with Gasteiger partial charge in [0.25, 0.3) is 0 Å². The topological polar surface area (TPSA) is 54.2 Å². The summed E-state index contributed by atoms with van der Waals surface area (Å²) in [6.07, 6.45) is 8.22. The smallest absolute Gasteiger partial charge is 0.233 e. The number of nitrogens with zero attached hydrogens (tertiary/aromatic N) is 4. The minimum Gasteiger partial charge on any atom is -0.396 e. The molecule has 3 heterocycles.